The van der Waals surface area contributed by atoms with Crippen LogP contribution in [0.2, 0.25) is 5.02 Å². The molecule has 1 aliphatic rings. The zero-order valence-electron chi connectivity index (χ0n) is 12.8. The van der Waals surface area contributed by atoms with E-state index in [1.807, 2.05) is 0 Å². The predicted molar refractivity (Wildman–Crippen MR) is 85.8 cm³/mol. The minimum Gasteiger partial charge on any atom is -0.360 e. The van der Waals surface area contributed by atoms with Gasteiger partial charge in [-0.3, -0.25) is 4.79 Å². The molecule has 1 saturated carbocycles. The number of alkyl halides is 3. The number of hydrogen-bond donors (Lipinski definition) is 1. The Morgan fingerprint density at radius 2 is 2.16 bits per heavy atom. The second-order valence-electron chi connectivity index (χ2n) is 5.50. The molecule has 10 heteroatoms. The van der Waals surface area contributed by atoms with Gasteiger partial charge in [0.2, 0.25) is 0 Å². The minimum atomic E-state index is -4.48. The van der Waals surface area contributed by atoms with E-state index in [-0.39, 0.29) is 28.2 Å². The Kier molecular flexibility index (Phi) is 5.24. The molecule has 2 aromatic rings. The number of thioether (sulfide) groups is 1. The molecular formula is C15H13ClF3N3O2S. The van der Waals surface area contributed by atoms with Crippen LogP contribution in [0.1, 0.15) is 40.6 Å². The topological polar surface area (TPSA) is 68.0 Å². The van der Waals surface area contributed by atoms with E-state index >= 15 is 0 Å². The molecule has 0 spiro atoms. The van der Waals surface area contributed by atoms with Crippen molar-refractivity contribution in [2.24, 2.45) is 0 Å². The van der Waals surface area contributed by atoms with Crippen LogP contribution in [0.3, 0.4) is 0 Å². The summed E-state index contributed by atoms with van der Waals surface area (Å²) >= 11 is 6.97. The quantitative estimate of drug-likeness (QED) is 0.592. The number of rotatable bonds is 6. The lowest BCUT2D eigenvalue weighted by Gasteiger charge is -2.09. The van der Waals surface area contributed by atoms with Gasteiger partial charge in [0, 0.05) is 30.5 Å². The lowest BCUT2D eigenvalue weighted by atomic mass is 10.3. The Morgan fingerprint density at radius 1 is 1.40 bits per heavy atom. The molecule has 134 valence electrons. The molecule has 2 heterocycles. The van der Waals surface area contributed by atoms with Gasteiger partial charge >= 0.3 is 6.18 Å². The van der Waals surface area contributed by atoms with E-state index in [2.05, 4.69) is 15.5 Å². The van der Waals surface area contributed by atoms with E-state index in [4.69, 9.17) is 16.1 Å². The molecule has 1 aliphatic carbocycles. The molecule has 0 atom stereocenters. The van der Waals surface area contributed by atoms with Crippen molar-refractivity contribution < 1.29 is 22.5 Å². The third-order valence-electron chi connectivity index (χ3n) is 3.50. The first-order chi connectivity index (χ1) is 11.8. The summed E-state index contributed by atoms with van der Waals surface area (Å²) in [6, 6.07) is 2.47. The molecule has 2 aromatic heterocycles. The summed E-state index contributed by atoms with van der Waals surface area (Å²) in [6.07, 6.45) is -1.64. The highest BCUT2D eigenvalue weighted by molar-refractivity contribution is 7.99. The van der Waals surface area contributed by atoms with Gasteiger partial charge < -0.3 is 9.84 Å². The zero-order valence-corrected chi connectivity index (χ0v) is 14.3. The van der Waals surface area contributed by atoms with Crippen molar-refractivity contribution in [2.45, 2.75) is 30.0 Å². The standard InChI is InChI=1S/C15H13ClF3N3O2S/c16-10-5-9(15(17,18)19)7-21-14(10)25-4-3-20-13(23)11-6-12(24-22-11)8-1-2-8/h5-8H,1-4H2,(H,20,23). The minimum absolute atomic E-state index is 0.0725. The third-order valence-corrected chi connectivity index (χ3v) is 4.91. The summed E-state index contributed by atoms with van der Waals surface area (Å²) in [5.41, 5.74) is -0.676. The molecule has 0 bridgehead atoms. The molecule has 25 heavy (non-hydrogen) atoms. The molecule has 1 amide bonds. The number of halogens is 4. The normalized spacial score (nSPS) is 14.6. The highest BCUT2D eigenvalue weighted by Gasteiger charge is 2.31. The van der Waals surface area contributed by atoms with Crippen molar-refractivity contribution in [3.63, 3.8) is 0 Å². The Labute approximate surface area is 150 Å². The van der Waals surface area contributed by atoms with Gasteiger partial charge in [0.15, 0.2) is 5.69 Å². The van der Waals surface area contributed by atoms with Crippen LogP contribution in [-0.4, -0.2) is 28.3 Å². The Hall–Kier alpha value is -1.74. The van der Waals surface area contributed by atoms with Gasteiger partial charge in [-0.25, -0.2) is 4.98 Å². The maximum atomic E-state index is 12.5. The number of amides is 1. The highest BCUT2D eigenvalue weighted by atomic mass is 35.5. The average Bonchev–Trinajstić information content (AvgIpc) is 3.28. The summed E-state index contributed by atoms with van der Waals surface area (Å²) in [7, 11) is 0. The molecule has 0 unspecified atom stereocenters. The van der Waals surface area contributed by atoms with E-state index in [9.17, 15) is 18.0 Å². The Morgan fingerprint density at radius 3 is 2.80 bits per heavy atom. The molecule has 1 N–H and O–H groups in total. The SMILES string of the molecule is O=C(NCCSc1ncc(C(F)(F)F)cc1Cl)c1cc(C2CC2)on1. The lowest BCUT2D eigenvalue weighted by molar-refractivity contribution is -0.137. The fraction of sp³-hybridized carbons (Fsp3) is 0.400. The van der Waals surface area contributed by atoms with E-state index < -0.39 is 11.7 Å². The summed E-state index contributed by atoms with van der Waals surface area (Å²) in [5, 5.41) is 6.60. The smallest absolute Gasteiger partial charge is 0.360 e. The number of carbonyl (C=O) groups is 1. The largest absolute Gasteiger partial charge is 0.417 e. The van der Waals surface area contributed by atoms with E-state index in [1.54, 1.807) is 6.07 Å². The first-order valence-electron chi connectivity index (χ1n) is 7.45. The van der Waals surface area contributed by atoms with E-state index in [0.29, 0.717) is 11.7 Å². The van der Waals surface area contributed by atoms with Gasteiger partial charge in [-0.1, -0.05) is 16.8 Å². The van der Waals surface area contributed by atoms with Gasteiger partial charge in [0.25, 0.3) is 5.91 Å². The van der Waals surface area contributed by atoms with Crippen LogP contribution in [0.4, 0.5) is 13.2 Å². The molecule has 0 aromatic carbocycles. The summed E-state index contributed by atoms with van der Waals surface area (Å²) in [6.45, 7) is 0.286. The number of hydrogen-bond acceptors (Lipinski definition) is 5. The lowest BCUT2D eigenvalue weighted by Crippen LogP contribution is -2.26. The Balaban J connectivity index is 1.47. The van der Waals surface area contributed by atoms with Gasteiger partial charge in [0.1, 0.15) is 10.8 Å². The first kappa shape index (κ1) is 18.1. The third kappa shape index (κ3) is 4.66. The molecular weight excluding hydrogens is 379 g/mol. The van der Waals surface area contributed by atoms with Crippen LogP contribution in [0, 0.1) is 0 Å². The number of carbonyl (C=O) groups excluding carboxylic acids is 1. The first-order valence-corrected chi connectivity index (χ1v) is 8.81. The molecule has 1 fully saturated rings. The van der Waals surface area contributed by atoms with Crippen LogP contribution in [0.15, 0.2) is 27.9 Å². The number of nitrogens with zero attached hydrogens (tertiary/aromatic N) is 2. The zero-order chi connectivity index (χ0) is 18.0. The van der Waals surface area contributed by atoms with Gasteiger partial charge in [0.05, 0.1) is 10.6 Å². The monoisotopic (exact) mass is 391 g/mol. The van der Waals surface area contributed by atoms with Gasteiger partial charge in [-0.15, -0.1) is 11.8 Å². The fourth-order valence-electron chi connectivity index (χ4n) is 2.05. The average molecular weight is 392 g/mol. The van der Waals surface area contributed by atoms with Crippen molar-refractivity contribution in [3.8, 4) is 0 Å². The molecule has 5 nitrogen and oxygen atoms in total. The summed E-state index contributed by atoms with van der Waals surface area (Å²) < 4.78 is 42.7. The van der Waals surface area contributed by atoms with Crippen LogP contribution in [-0.2, 0) is 6.18 Å². The number of pyridine rings is 1. The highest BCUT2D eigenvalue weighted by Crippen LogP contribution is 2.40. The van der Waals surface area contributed by atoms with Gasteiger partial charge in [-0.2, -0.15) is 13.2 Å². The van der Waals surface area contributed by atoms with Gasteiger partial charge in [-0.05, 0) is 18.9 Å². The molecule has 0 saturated heterocycles. The van der Waals surface area contributed by atoms with Crippen molar-refractivity contribution in [3.05, 3.63) is 40.4 Å². The second kappa shape index (κ2) is 7.25. The molecule has 3 rings (SSSR count). The van der Waals surface area contributed by atoms with E-state index in [0.717, 1.165) is 42.6 Å². The predicted octanol–water partition coefficient (Wildman–Crippen LogP) is 4.14. The van der Waals surface area contributed by atoms with Crippen molar-refractivity contribution in [1.82, 2.24) is 15.5 Å². The Bertz CT molecular complexity index is 778. The molecule has 0 radical (unpaired) electrons. The van der Waals surface area contributed by atoms with Crippen molar-refractivity contribution in [2.75, 3.05) is 12.3 Å². The van der Waals surface area contributed by atoms with Crippen LogP contribution < -0.4 is 5.32 Å². The number of nitrogens with one attached hydrogen (secondary N) is 1. The number of aromatic nitrogens is 2. The van der Waals surface area contributed by atoms with Crippen molar-refractivity contribution >= 4 is 29.3 Å². The second-order valence-corrected chi connectivity index (χ2v) is 6.99. The maximum Gasteiger partial charge on any atom is 0.417 e. The van der Waals surface area contributed by atoms with E-state index in [1.165, 1.54) is 0 Å². The van der Waals surface area contributed by atoms with Crippen LogP contribution in [0.25, 0.3) is 0 Å². The molecule has 0 aliphatic heterocycles. The van der Waals surface area contributed by atoms with Crippen LogP contribution >= 0.6 is 23.4 Å². The summed E-state index contributed by atoms with van der Waals surface area (Å²) in [4.78, 5) is 15.6. The van der Waals surface area contributed by atoms with Crippen LogP contribution in [0.5, 0.6) is 0 Å². The summed E-state index contributed by atoms with van der Waals surface area (Å²) in [5.74, 6) is 1.14. The maximum absolute atomic E-state index is 12.5. The fourth-order valence-corrected chi connectivity index (χ4v) is 3.10. The van der Waals surface area contributed by atoms with Crippen molar-refractivity contribution in [1.29, 1.82) is 0 Å².